The Labute approximate surface area is 221 Å². The fourth-order valence-corrected chi connectivity index (χ4v) is 10.8. The van der Waals surface area contributed by atoms with E-state index < -0.39 is 46.4 Å². The Hall–Kier alpha value is -0.990. The van der Waals surface area contributed by atoms with E-state index in [-0.39, 0.29) is 41.3 Å². The number of aliphatic hydroxyl groups is 5. The third-order valence-electron chi connectivity index (χ3n) is 13.4. The molecule has 210 valence electrons. The van der Waals surface area contributed by atoms with Crippen LogP contribution in [0.3, 0.4) is 0 Å². The Morgan fingerprint density at radius 2 is 1.51 bits per heavy atom. The van der Waals surface area contributed by atoms with Gasteiger partial charge in [-0.2, -0.15) is 0 Å². The maximum Gasteiger partial charge on any atom is 0.310 e. The summed E-state index contributed by atoms with van der Waals surface area (Å²) in [5.74, 6) is -1.24. The molecule has 0 heterocycles. The zero-order valence-electron chi connectivity index (χ0n) is 23.2. The third-order valence-corrected chi connectivity index (χ3v) is 13.4. The molecule has 4 fully saturated rings. The predicted molar refractivity (Wildman–Crippen MR) is 138 cm³/mol. The summed E-state index contributed by atoms with van der Waals surface area (Å²) in [6.07, 6.45) is 4.43. The summed E-state index contributed by atoms with van der Waals surface area (Å²) >= 11 is 0. The van der Waals surface area contributed by atoms with Crippen LogP contribution in [0.2, 0.25) is 0 Å². The van der Waals surface area contributed by atoms with Crippen molar-refractivity contribution in [1.82, 2.24) is 0 Å². The minimum atomic E-state index is -1.18. The van der Waals surface area contributed by atoms with Gasteiger partial charge in [0.1, 0.15) is 0 Å². The van der Waals surface area contributed by atoms with Gasteiger partial charge in [0.2, 0.25) is 0 Å². The minimum Gasteiger partial charge on any atom is -0.481 e. The number of carboxylic acid groups (broad SMARTS) is 1. The molecule has 5 rings (SSSR count). The first-order valence-electron chi connectivity index (χ1n) is 14.3. The first-order valence-corrected chi connectivity index (χ1v) is 14.3. The van der Waals surface area contributed by atoms with Crippen LogP contribution in [0, 0.1) is 50.2 Å². The van der Waals surface area contributed by atoms with Crippen molar-refractivity contribution in [2.75, 3.05) is 13.2 Å². The van der Waals surface area contributed by atoms with E-state index in [0.717, 1.165) is 18.4 Å². The average molecular weight is 521 g/mol. The number of carboxylic acids is 1. The molecule has 0 bridgehead atoms. The Kier molecular flexibility index (Phi) is 6.16. The normalized spacial score (nSPS) is 52.1. The van der Waals surface area contributed by atoms with Crippen LogP contribution < -0.4 is 0 Å². The number of carbonyl (C=O) groups is 1. The summed E-state index contributed by atoms with van der Waals surface area (Å²) < 4.78 is 0. The molecule has 7 nitrogen and oxygen atoms in total. The van der Waals surface area contributed by atoms with Crippen LogP contribution in [0.5, 0.6) is 0 Å². The highest BCUT2D eigenvalue weighted by Crippen LogP contribution is 2.75. The van der Waals surface area contributed by atoms with Gasteiger partial charge < -0.3 is 30.6 Å². The number of hydrogen-bond donors (Lipinski definition) is 6. The van der Waals surface area contributed by atoms with Gasteiger partial charge in [-0.15, -0.1) is 0 Å². The number of aliphatic hydroxyl groups excluding tert-OH is 5. The van der Waals surface area contributed by atoms with E-state index >= 15 is 0 Å². The molecule has 0 unspecified atom stereocenters. The van der Waals surface area contributed by atoms with E-state index in [1.807, 2.05) is 13.8 Å². The molecule has 0 amide bonds. The van der Waals surface area contributed by atoms with Crippen LogP contribution >= 0.6 is 0 Å². The van der Waals surface area contributed by atoms with Crippen molar-refractivity contribution in [2.24, 2.45) is 50.2 Å². The first-order chi connectivity index (χ1) is 17.1. The third kappa shape index (κ3) is 3.15. The second kappa shape index (κ2) is 8.26. The Balaban J connectivity index is 1.64. The Morgan fingerprint density at radius 1 is 0.892 bits per heavy atom. The molecule has 0 spiro atoms. The topological polar surface area (TPSA) is 138 Å². The van der Waals surface area contributed by atoms with Crippen LogP contribution in [0.25, 0.3) is 0 Å². The van der Waals surface area contributed by atoms with Crippen molar-refractivity contribution in [3.63, 3.8) is 0 Å². The van der Waals surface area contributed by atoms with Crippen LogP contribution in [-0.2, 0) is 4.79 Å². The fourth-order valence-electron chi connectivity index (χ4n) is 10.8. The molecule has 7 heteroatoms. The Morgan fingerprint density at radius 3 is 2.11 bits per heavy atom. The zero-order chi connectivity index (χ0) is 27.4. The molecular weight excluding hydrogens is 472 g/mol. The summed E-state index contributed by atoms with van der Waals surface area (Å²) in [6, 6.07) is 0. The summed E-state index contributed by atoms with van der Waals surface area (Å²) in [6.45, 7) is 10.1. The standard InChI is InChI=1S/C30H48O7/c1-25(2)10-12-29(24(36)37)13-11-27(4)17(21(29)23(25)35)6-7-19-26(3)14-18(33)22(34)30(15-31,16-32)20(26)8-9-28(19,27)5/h6,18-23,31-35H,7-16H2,1-5H3,(H,36,37)/t18-,19+,20-,21+,22+,23+,26-,27-,28-,29+/m1/s1. The molecule has 10 atom stereocenters. The number of allylic oxidation sites excluding steroid dienone is 1. The van der Waals surface area contributed by atoms with Gasteiger partial charge in [-0.3, -0.25) is 4.79 Å². The number of rotatable bonds is 3. The van der Waals surface area contributed by atoms with Crippen molar-refractivity contribution in [1.29, 1.82) is 0 Å². The largest absolute Gasteiger partial charge is 0.481 e. The quantitative estimate of drug-likeness (QED) is 0.314. The molecule has 0 aromatic carbocycles. The van der Waals surface area contributed by atoms with Crippen molar-refractivity contribution in [3.8, 4) is 0 Å². The summed E-state index contributed by atoms with van der Waals surface area (Å²) in [4.78, 5) is 12.8. The molecule has 0 radical (unpaired) electrons. The molecule has 37 heavy (non-hydrogen) atoms. The van der Waals surface area contributed by atoms with Gasteiger partial charge in [-0.25, -0.2) is 0 Å². The lowest BCUT2D eigenvalue weighted by Gasteiger charge is -2.72. The average Bonchev–Trinajstić information content (AvgIpc) is 2.83. The number of hydrogen-bond acceptors (Lipinski definition) is 6. The van der Waals surface area contributed by atoms with Crippen LogP contribution in [0.15, 0.2) is 11.6 Å². The van der Waals surface area contributed by atoms with Gasteiger partial charge in [0.25, 0.3) is 0 Å². The monoisotopic (exact) mass is 520 g/mol. The van der Waals surface area contributed by atoms with E-state index in [4.69, 9.17) is 0 Å². The highest BCUT2D eigenvalue weighted by Gasteiger charge is 2.72. The van der Waals surface area contributed by atoms with Gasteiger partial charge in [0.05, 0.1) is 36.9 Å². The number of fused-ring (bicyclic) bond motifs is 7. The number of aliphatic carboxylic acids is 1. The second-order valence-corrected chi connectivity index (χ2v) is 14.9. The van der Waals surface area contributed by atoms with E-state index in [9.17, 15) is 35.4 Å². The van der Waals surface area contributed by atoms with Gasteiger partial charge >= 0.3 is 5.97 Å². The fraction of sp³-hybridized carbons (Fsp3) is 0.900. The second-order valence-electron chi connectivity index (χ2n) is 14.9. The molecule has 0 aromatic heterocycles. The summed E-state index contributed by atoms with van der Waals surface area (Å²) in [7, 11) is 0. The van der Waals surface area contributed by atoms with E-state index in [0.29, 0.717) is 38.5 Å². The van der Waals surface area contributed by atoms with Crippen LogP contribution in [-0.4, -0.2) is 68.1 Å². The lowest BCUT2D eigenvalue weighted by Crippen LogP contribution is -2.70. The first kappa shape index (κ1) is 27.6. The van der Waals surface area contributed by atoms with Gasteiger partial charge in [-0.1, -0.05) is 46.3 Å². The van der Waals surface area contributed by atoms with E-state index in [1.54, 1.807) is 0 Å². The molecule has 5 aliphatic rings. The molecule has 0 aliphatic heterocycles. The van der Waals surface area contributed by atoms with Crippen molar-refractivity contribution in [3.05, 3.63) is 11.6 Å². The van der Waals surface area contributed by atoms with Crippen molar-refractivity contribution >= 4 is 5.97 Å². The molecule has 0 saturated heterocycles. The molecule has 6 N–H and O–H groups in total. The SMILES string of the molecule is CC1(C)CC[C@]2(C(=O)O)CC[C@]3(C)C(=CC[C@H]4[C@@]5(C)C[C@@H](O)[C@H](O)C(CO)(CO)[C@@H]5CC[C@]43C)[C@H]2[C@@H]1O. The van der Waals surface area contributed by atoms with E-state index in [2.05, 4.69) is 26.8 Å². The highest BCUT2D eigenvalue weighted by molar-refractivity contribution is 5.77. The van der Waals surface area contributed by atoms with Crippen molar-refractivity contribution in [2.45, 2.75) is 104 Å². The minimum absolute atomic E-state index is 0.123. The smallest absolute Gasteiger partial charge is 0.310 e. The molecular formula is C30H48O7. The highest BCUT2D eigenvalue weighted by atomic mass is 16.4. The summed E-state index contributed by atoms with van der Waals surface area (Å²) in [5, 5.41) is 65.1. The lowest BCUT2D eigenvalue weighted by molar-refractivity contribution is -0.258. The van der Waals surface area contributed by atoms with Gasteiger partial charge in [0.15, 0.2) is 0 Å². The van der Waals surface area contributed by atoms with Crippen molar-refractivity contribution < 1.29 is 35.4 Å². The Bertz CT molecular complexity index is 986. The summed E-state index contributed by atoms with van der Waals surface area (Å²) in [5.41, 5.74) is -2.32. The maximum absolute atomic E-state index is 12.8. The molecule has 4 saturated carbocycles. The van der Waals surface area contributed by atoms with Crippen LogP contribution in [0.4, 0.5) is 0 Å². The maximum atomic E-state index is 12.8. The molecule has 5 aliphatic carbocycles. The van der Waals surface area contributed by atoms with Gasteiger partial charge in [-0.05, 0) is 84.9 Å². The van der Waals surface area contributed by atoms with Gasteiger partial charge in [0, 0.05) is 11.3 Å². The van der Waals surface area contributed by atoms with Crippen LogP contribution in [0.1, 0.15) is 86.0 Å². The van der Waals surface area contributed by atoms with E-state index in [1.165, 1.54) is 0 Å². The predicted octanol–water partition coefficient (Wildman–Crippen LogP) is 3.12. The lowest BCUT2D eigenvalue weighted by atomic mass is 9.33. The molecule has 0 aromatic rings. The zero-order valence-corrected chi connectivity index (χ0v) is 23.2.